The first-order chi connectivity index (χ1) is 7.68. The second-order valence-corrected chi connectivity index (χ2v) is 3.63. The number of carbonyl (C=O) groups excluding carboxylic acids is 1. The second kappa shape index (κ2) is 4.31. The highest BCUT2D eigenvalue weighted by molar-refractivity contribution is 6.03. The number of amides is 1. The number of anilines is 1. The van der Waals surface area contributed by atoms with Gasteiger partial charge in [-0.05, 0) is 18.4 Å². The van der Waals surface area contributed by atoms with Gasteiger partial charge in [0.25, 0.3) is 5.91 Å². The van der Waals surface area contributed by atoms with E-state index in [2.05, 4.69) is 5.32 Å². The normalized spacial score (nSPS) is 12.4. The Morgan fingerprint density at radius 2 is 1.88 bits per heavy atom. The molecule has 0 aliphatic carbocycles. The number of carbonyl (C=O) groups is 1. The van der Waals surface area contributed by atoms with Crippen LogP contribution in [0.15, 0.2) is 42.5 Å². The first-order valence-corrected chi connectivity index (χ1v) is 5.11. The molecule has 1 amide bonds. The predicted molar refractivity (Wildman–Crippen MR) is 63.1 cm³/mol. The zero-order valence-electron chi connectivity index (χ0n) is 8.91. The van der Waals surface area contributed by atoms with Gasteiger partial charge in [-0.25, -0.2) is 4.39 Å². The summed E-state index contributed by atoms with van der Waals surface area (Å²) in [5.41, 5.74) is 0.646. The molecule has 0 aromatic heterocycles. The minimum Gasteiger partial charge on any atom is -0.323 e. The van der Waals surface area contributed by atoms with E-state index in [1.165, 1.54) is 6.92 Å². The maximum absolute atomic E-state index is 12.8. The average molecular weight is 217 g/mol. The Balaban J connectivity index is 2.41. The second-order valence-electron chi connectivity index (χ2n) is 3.63. The summed E-state index contributed by atoms with van der Waals surface area (Å²) in [6.07, 6.45) is -1.50. The lowest BCUT2D eigenvalue weighted by atomic mass is 10.1. The van der Waals surface area contributed by atoms with Crippen LogP contribution in [0.3, 0.4) is 0 Å². The van der Waals surface area contributed by atoms with Gasteiger partial charge in [0, 0.05) is 11.1 Å². The molecule has 2 aromatic rings. The molecule has 82 valence electrons. The summed E-state index contributed by atoms with van der Waals surface area (Å²) in [6, 6.07) is 13.2. The molecule has 3 heteroatoms. The number of halogens is 1. The van der Waals surface area contributed by atoms with Crippen molar-refractivity contribution in [2.24, 2.45) is 0 Å². The van der Waals surface area contributed by atoms with Crippen molar-refractivity contribution >= 4 is 22.4 Å². The molecular formula is C13H12FNO. The van der Waals surface area contributed by atoms with Crippen molar-refractivity contribution in [2.75, 3.05) is 5.32 Å². The molecule has 0 bridgehead atoms. The molecule has 2 nitrogen and oxygen atoms in total. The molecule has 0 aliphatic rings. The zero-order chi connectivity index (χ0) is 11.5. The van der Waals surface area contributed by atoms with Crippen LogP contribution in [0.2, 0.25) is 0 Å². The number of rotatable bonds is 2. The van der Waals surface area contributed by atoms with Crippen LogP contribution in [0.1, 0.15) is 6.92 Å². The number of nitrogens with one attached hydrogen (secondary N) is 1. The molecule has 1 unspecified atom stereocenters. The van der Waals surface area contributed by atoms with Crippen molar-refractivity contribution in [3.63, 3.8) is 0 Å². The maximum atomic E-state index is 12.8. The highest BCUT2D eigenvalue weighted by atomic mass is 19.1. The van der Waals surface area contributed by atoms with E-state index >= 15 is 0 Å². The third-order valence-corrected chi connectivity index (χ3v) is 2.41. The molecular weight excluding hydrogens is 205 g/mol. The quantitative estimate of drug-likeness (QED) is 0.822. The lowest BCUT2D eigenvalue weighted by molar-refractivity contribution is -0.120. The third-order valence-electron chi connectivity index (χ3n) is 2.41. The molecule has 0 saturated heterocycles. The van der Waals surface area contributed by atoms with Gasteiger partial charge in [0.15, 0.2) is 6.17 Å². The summed E-state index contributed by atoms with van der Waals surface area (Å²) in [5.74, 6) is -0.614. The van der Waals surface area contributed by atoms with Gasteiger partial charge < -0.3 is 5.32 Å². The van der Waals surface area contributed by atoms with Crippen LogP contribution in [-0.4, -0.2) is 12.1 Å². The van der Waals surface area contributed by atoms with Crippen molar-refractivity contribution in [1.82, 2.24) is 0 Å². The number of hydrogen-bond acceptors (Lipinski definition) is 1. The van der Waals surface area contributed by atoms with Crippen LogP contribution in [0.25, 0.3) is 10.8 Å². The summed E-state index contributed by atoms with van der Waals surface area (Å²) in [6.45, 7) is 1.22. The van der Waals surface area contributed by atoms with Crippen molar-refractivity contribution in [1.29, 1.82) is 0 Å². The number of fused-ring (bicyclic) bond motifs is 1. The Kier molecular flexibility index (Phi) is 2.86. The molecule has 0 spiro atoms. The third kappa shape index (κ3) is 2.03. The monoisotopic (exact) mass is 217 g/mol. The van der Waals surface area contributed by atoms with Gasteiger partial charge in [-0.2, -0.15) is 0 Å². The lowest BCUT2D eigenvalue weighted by Crippen LogP contribution is -2.21. The van der Waals surface area contributed by atoms with Crippen LogP contribution >= 0.6 is 0 Å². The van der Waals surface area contributed by atoms with Crippen molar-refractivity contribution < 1.29 is 9.18 Å². The SMILES string of the molecule is CC(F)C(=O)Nc1cccc2ccccc12. The molecule has 0 saturated carbocycles. The fourth-order valence-corrected chi connectivity index (χ4v) is 1.57. The van der Waals surface area contributed by atoms with Crippen LogP contribution in [0.4, 0.5) is 10.1 Å². The van der Waals surface area contributed by atoms with Crippen LogP contribution in [0.5, 0.6) is 0 Å². The summed E-state index contributed by atoms with van der Waals surface area (Å²) >= 11 is 0. The van der Waals surface area contributed by atoms with E-state index in [1.807, 2.05) is 36.4 Å². The molecule has 2 rings (SSSR count). The van der Waals surface area contributed by atoms with E-state index < -0.39 is 12.1 Å². The fourth-order valence-electron chi connectivity index (χ4n) is 1.57. The van der Waals surface area contributed by atoms with Gasteiger partial charge in [0.1, 0.15) is 0 Å². The Morgan fingerprint density at radius 3 is 2.62 bits per heavy atom. The van der Waals surface area contributed by atoms with E-state index in [0.717, 1.165) is 10.8 Å². The van der Waals surface area contributed by atoms with Gasteiger partial charge in [-0.3, -0.25) is 4.79 Å². The number of benzene rings is 2. The molecule has 1 N–H and O–H groups in total. The Morgan fingerprint density at radius 1 is 1.19 bits per heavy atom. The van der Waals surface area contributed by atoms with Crippen molar-refractivity contribution in [3.05, 3.63) is 42.5 Å². The van der Waals surface area contributed by atoms with E-state index in [0.29, 0.717) is 5.69 Å². The van der Waals surface area contributed by atoms with E-state index in [-0.39, 0.29) is 0 Å². The summed E-state index contributed by atoms with van der Waals surface area (Å²) in [7, 11) is 0. The van der Waals surface area contributed by atoms with Crippen molar-refractivity contribution in [2.45, 2.75) is 13.1 Å². The largest absolute Gasteiger partial charge is 0.323 e. The smallest absolute Gasteiger partial charge is 0.258 e. The molecule has 16 heavy (non-hydrogen) atoms. The van der Waals surface area contributed by atoms with Crippen LogP contribution < -0.4 is 5.32 Å². The molecule has 0 aliphatic heterocycles. The number of hydrogen-bond donors (Lipinski definition) is 1. The van der Waals surface area contributed by atoms with Gasteiger partial charge in [0.05, 0.1) is 0 Å². The summed E-state index contributed by atoms with van der Waals surface area (Å²) in [4.78, 5) is 11.3. The van der Waals surface area contributed by atoms with Gasteiger partial charge >= 0.3 is 0 Å². The first-order valence-electron chi connectivity index (χ1n) is 5.11. The Labute approximate surface area is 93.1 Å². The lowest BCUT2D eigenvalue weighted by Gasteiger charge is -2.08. The van der Waals surface area contributed by atoms with E-state index in [9.17, 15) is 9.18 Å². The summed E-state index contributed by atoms with van der Waals surface area (Å²) < 4.78 is 12.8. The first kappa shape index (κ1) is 10.6. The van der Waals surface area contributed by atoms with E-state index in [1.54, 1.807) is 6.07 Å². The number of alkyl halides is 1. The Hall–Kier alpha value is -1.90. The fraction of sp³-hybridized carbons (Fsp3) is 0.154. The average Bonchev–Trinajstić information content (AvgIpc) is 2.29. The summed E-state index contributed by atoms with van der Waals surface area (Å²) in [5, 5.41) is 4.51. The van der Waals surface area contributed by atoms with Crippen LogP contribution in [0, 0.1) is 0 Å². The Bertz CT molecular complexity index is 517. The maximum Gasteiger partial charge on any atom is 0.258 e. The predicted octanol–water partition coefficient (Wildman–Crippen LogP) is 3.14. The molecule has 0 heterocycles. The molecule has 2 aromatic carbocycles. The standard InChI is InChI=1S/C13H12FNO/c1-9(14)13(16)15-12-8-4-6-10-5-2-3-7-11(10)12/h2-9H,1H3,(H,15,16). The molecule has 0 fully saturated rings. The van der Waals surface area contributed by atoms with Gasteiger partial charge in [-0.15, -0.1) is 0 Å². The minimum atomic E-state index is -1.50. The highest BCUT2D eigenvalue weighted by Crippen LogP contribution is 2.23. The molecule has 0 radical (unpaired) electrons. The van der Waals surface area contributed by atoms with E-state index in [4.69, 9.17) is 0 Å². The minimum absolute atomic E-state index is 0.614. The molecule has 1 atom stereocenters. The van der Waals surface area contributed by atoms with Crippen LogP contribution in [-0.2, 0) is 4.79 Å². The topological polar surface area (TPSA) is 29.1 Å². The zero-order valence-corrected chi connectivity index (χ0v) is 8.91. The highest BCUT2D eigenvalue weighted by Gasteiger charge is 2.11. The van der Waals surface area contributed by atoms with Crippen molar-refractivity contribution in [3.8, 4) is 0 Å². The van der Waals surface area contributed by atoms with Gasteiger partial charge in [0.2, 0.25) is 0 Å². The van der Waals surface area contributed by atoms with Gasteiger partial charge in [-0.1, -0.05) is 36.4 Å².